The van der Waals surface area contributed by atoms with Crippen LogP contribution in [0.25, 0.3) is 0 Å². The minimum absolute atomic E-state index is 0.244. The molecule has 0 aliphatic rings. The van der Waals surface area contributed by atoms with Gasteiger partial charge in [-0.25, -0.2) is 9.78 Å². The van der Waals surface area contributed by atoms with Gasteiger partial charge in [0.2, 0.25) is 0 Å². The molecule has 7 heteroatoms. The highest BCUT2D eigenvalue weighted by Gasteiger charge is 2.17. The normalized spacial score (nSPS) is 10.6. The monoisotopic (exact) mass is 440 g/mol. The molecule has 1 heterocycles. The Labute approximate surface area is 185 Å². The number of benzene rings is 2. The molecule has 0 N–H and O–H groups in total. The van der Waals surface area contributed by atoms with E-state index < -0.39 is 5.97 Å². The van der Waals surface area contributed by atoms with E-state index in [1.54, 1.807) is 35.4 Å². The van der Waals surface area contributed by atoms with E-state index in [0.29, 0.717) is 17.9 Å². The number of carbonyl (C=O) groups is 2. The summed E-state index contributed by atoms with van der Waals surface area (Å²) in [4.78, 5) is 31.8. The average Bonchev–Trinajstić information content (AvgIpc) is 3.17. The van der Waals surface area contributed by atoms with Crippen LogP contribution in [0.2, 0.25) is 0 Å². The Morgan fingerprint density at radius 2 is 1.83 bits per heavy atom. The van der Waals surface area contributed by atoms with E-state index in [0.717, 1.165) is 21.2 Å². The van der Waals surface area contributed by atoms with Gasteiger partial charge in [0, 0.05) is 29.6 Å². The standard InChI is InChI=1S/C23H24N2O3S2/c1-16-8-10-18(11-9-16)12-25(3)22(26)13-28-23(27)20-6-4-5-7-21(20)30-15-19-14-29-17(2)24-19/h4-11,14H,12-13,15H2,1-3H3. The largest absolute Gasteiger partial charge is 0.452 e. The van der Waals surface area contributed by atoms with Gasteiger partial charge in [0.1, 0.15) is 0 Å². The molecule has 0 bridgehead atoms. The van der Waals surface area contributed by atoms with Crippen LogP contribution in [0.1, 0.15) is 32.2 Å². The van der Waals surface area contributed by atoms with Gasteiger partial charge in [0.15, 0.2) is 6.61 Å². The maximum atomic E-state index is 12.6. The van der Waals surface area contributed by atoms with Gasteiger partial charge in [0.05, 0.1) is 16.3 Å². The van der Waals surface area contributed by atoms with Crippen molar-refractivity contribution >= 4 is 35.0 Å². The summed E-state index contributed by atoms with van der Waals surface area (Å²) < 4.78 is 5.31. The Balaban J connectivity index is 1.55. The van der Waals surface area contributed by atoms with E-state index in [9.17, 15) is 9.59 Å². The third-order valence-electron chi connectivity index (χ3n) is 4.44. The third kappa shape index (κ3) is 6.18. The smallest absolute Gasteiger partial charge is 0.339 e. The number of ether oxygens (including phenoxy) is 1. The molecule has 0 atom stereocenters. The van der Waals surface area contributed by atoms with Crippen molar-refractivity contribution in [3.05, 3.63) is 81.3 Å². The maximum Gasteiger partial charge on any atom is 0.339 e. The fraction of sp³-hybridized carbons (Fsp3) is 0.261. The predicted octanol–water partition coefficient (Wildman–Crippen LogP) is 4.87. The fourth-order valence-corrected chi connectivity index (χ4v) is 4.41. The maximum absolute atomic E-state index is 12.6. The number of rotatable bonds is 8. The van der Waals surface area contributed by atoms with Crippen LogP contribution in [-0.2, 0) is 21.8 Å². The Hall–Kier alpha value is -2.64. The van der Waals surface area contributed by atoms with Gasteiger partial charge in [-0.05, 0) is 31.5 Å². The molecule has 0 aliphatic heterocycles. The lowest BCUT2D eigenvalue weighted by molar-refractivity contribution is -0.133. The van der Waals surface area contributed by atoms with E-state index >= 15 is 0 Å². The second-order valence-electron chi connectivity index (χ2n) is 6.95. The zero-order valence-electron chi connectivity index (χ0n) is 17.3. The van der Waals surface area contributed by atoms with E-state index in [-0.39, 0.29) is 12.5 Å². The molecule has 0 aliphatic carbocycles. The number of thiazole rings is 1. The lowest BCUT2D eigenvalue weighted by Crippen LogP contribution is -2.30. The van der Waals surface area contributed by atoms with Gasteiger partial charge in [-0.2, -0.15) is 0 Å². The molecular weight excluding hydrogens is 416 g/mol. The molecule has 2 aromatic carbocycles. The van der Waals surface area contributed by atoms with E-state index in [2.05, 4.69) is 4.98 Å². The van der Waals surface area contributed by atoms with Crippen LogP contribution in [0.15, 0.2) is 58.8 Å². The van der Waals surface area contributed by atoms with E-state index in [4.69, 9.17) is 4.74 Å². The van der Waals surface area contributed by atoms with Gasteiger partial charge in [-0.1, -0.05) is 42.0 Å². The molecule has 156 valence electrons. The lowest BCUT2D eigenvalue weighted by Gasteiger charge is -2.17. The number of amides is 1. The highest BCUT2D eigenvalue weighted by atomic mass is 32.2. The molecule has 0 saturated heterocycles. The van der Waals surface area contributed by atoms with Crippen molar-refractivity contribution in [3.8, 4) is 0 Å². The van der Waals surface area contributed by atoms with Crippen LogP contribution in [-0.4, -0.2) is 35.4 Å². The molecule has 0 saturated carbocycles. The van der Waals surface area contributed by atoms with E-state index in [1.807, 2.05) is 55.6 Å². The number of hydrogen-bond acceptors (Lipinski definition) is 6. The molecule has 0 radical (unpaired) electrons. The van der Waals surface area contributed by atoms with Crippen molar-refractivity contribution in [1.82, 2.24) is 9.88 Å². The third-order valence-corrected chi connectivity index (χ3v) is 6.37. The first-order chi connectivity index (χ1) is 14.4. The number of hydrogen-bond donors (Lipinski definition) is 0. The minimum atomic E-state index is -0.496. The first-order valence-electron chi connectivity index (χ1n) is 9.52. The Morgan fingerprint density at radius 1 is 1.10 bits per heavy atom. The summed E-state index contributed by atoms with van der Waals surface area (Å²) in [6.07, 6.45) is 0. The molecule has 5 nitrogen and oxygen atoms in total. The number of thioether (sulfide) groups is 1. The molecule has 30 heavy (non-hydrogen) atoms. The summed E-state index contributed by atoms with van der Waals surface area (Å²) in [5, 5.41) is 3.04. The van der Waals surface area contributed by atoms with Crippen LogP contribution in [0.4, 0.5) is 0 Å². The molecule has 0 spiro atoms. The summed E-state index contributed by atoms with van der Waals surface area (Å²) in [5.74, 6) is -0.0657. The van der Waals surface area contributed by atoms with Gasteiger partial charge in [-0.15, -0.1) is 23.1 Å². The van der Waals surface area contributed by atoms with Crippen LogP contribution in [0, 0.1) is 13.8 Å². The first kappa shape index (κ1) is 22.1. The molecule has 0 fully saturated rings. The quantitative estimate of drug-likeness (QED) is 0.370. The van der Waals surface area contributed by atoms with Crippen molar-refractivity contribution in [2.24, 2.45) is 0 Å². The molecule has 1 aromatic heterocycles. The average molecular weight is 441 g/mol. The SMILES string of the molecule is Cc1ccc(CN(C)C(=O)COC(=O)c2ccccc2SCc2csc(C)n2)cc1. The molecule has 3 aromatic rings. The summed E-state index contributed by atoms with van der Waals surface area (Å²) in [7, 11) is 1.70. The molecule has 1 amide bonds. The number of aryl methyl sites for hydroxylation is 2. The van der Waals surface area contributed by atoms with Crippen LogP contribution in [0.3, 0.4) is 0 Å². The number of nitrogens with zero attached hydrogens (tertiary/aromatic N) is 2. The van der Waals surface area contributed by atoms with E-state index in [1.165, 1.54) is 17.3 Å². The van der Waals surface area contributed by atoms with Crippen LogP contribution < -0.4 is 0 Å². The molecular formula is C23H24N2O3S2. The molecule has 0 unspecified atom stereocenters. The number of esters is 1. The van der Waals surface area contributed by atoms with Crippen LogP contribution >= 0.6 is 23.1 Å². The van der Waals surface area contributed by atoms with Gasteiger partial charge < -0.3 is 9.64 Å². The second-order valence-corrected chi connectivity index (χ2v) is 9.03. The van der Waals surface area contributed by atoms with Crippen molar-refractivity contribution in [3.63, 3.8) is 0 Å². The van der Waals surface area contributed by atoms with Gasteiger partial charge in [0.25, 0.3) is 5.91 Å². The van der Waals surface area contributed by atoms with Crippen molar-refractivity contribution in [2.75, 3.05) is 13.7 Å². The highest BCUT2D eigenvalue weighted by molar-refractivity contribution is 7.98. The fourth-order valence-electron chi connectivity index (χ4n) is 2.76. The minimum Gasteiger partial charge on any atom is -0.452 e. The zero-order valence-corrected chi connectivity index (χ0v) is 18.9. The van der Waals surface area contributed by atoms with Crippen molar-refractivity contribution < 1.29 is 14.3 Å². The second kappa shape index (κ2) is 10.4. The summed E-state index contributed by atoms with van der Waals surface area (Å²) in [5.41, 5.74) is 3.65. The lowest BCUT2D eigenvalue weighted by atomic mass is 10.1. The van der Waals surface area contributed by atoms with Gasteiger partial charge >= 0.3 is 5.97 Å². The van der Waals surface area contributed by atoms with Crippen molar-refractivity contribution in [2.45, 2.75) is 31.0 Å². The number of likely N-dealkylation sites (N-methyl/N-ethyl adjacent to an activating group) is 1. The molecule has 3 rings (SSSR count). The first-order valence-corrected chi connectivity index (χ1v) is 11.4. The predicted molar refractivity (Wildman–Crippen MR) is 121 cm³/mol. The van der Waals surface area contributed by atoms with Crippen LogP contribution in [0.5, 0.6) is 0 Å². The zero-order chi connectivity index (χ0) is 21.5. The number of aromatic nitrogens is 1. The summed E-state index contributed by atoms with van der Waals surface area (Å²) >= 11 is 3.14. The Kier molecular flexibility index (Phi) is 7.65. The summed E-state index contributed by atoms with van der Waals surface area (Å²) in [6.45, 7) is 4.17. The summed E-state index contributed by atoms with van der Waals surface area (Å²) in [6, 6.07) is 15.3. The Morgan fingerprint density at radius 3 is 2.53 bits per heavy atom. The Bertz CT molecular complexity index is 1020. The number of carbonyl (C=O) groups excluding carboxylic acids is 2. The van der Waals surface area contributed by atoms with Gasteiger partial charge in [-0.3, -0.25) is 4.79 Å². The topological polar surface area (TPSA) is 59.5 Å². The highest BCUT2D eigenvalue weighted by Crippen LogP contribution is 2.27. The van der Waals surface area contributed by atoms with Crippen molar-refractivity contribution in [1.29, 1.82) is 0 Å².